The first-order valence-corrected chi connectivity index (χ1v) is 11.6. The number of amides is 1. The molecule has 1 fully saturated rings. The van der Waals surface area contributed by atoms with Crippen molar-refractivity contribution in [3.8, 4) is 0 Å². The molecular weight excluding hydrogens is 417 g/mol. The Bertz CT molecular complexity index is 954. The number of hydrogen-bond donors (Lipinski definition) is 1. The molecule has 1 aliphatic heterocycles. The molecule has 0 unspecified atom stereocenters. The first-order chi connectivity index (χ1) is 15.0. The quantitative estimate of drug-likeness (QED) is 0.692. The van der Waals surface area contributed by atoms with Gasteiger partial charge in [-0.25, -0.2) is 9.18 Å². The van der Waals surface area contributed by atoms with Gasteiger partial charge >= 0.3 is 5.97 Å². The minimum atomic E-state index is -0.374. The van der Waals surface area contributed by atoms with Crippen molar-refractivity contribution < 1.29 is 18.7 Å². The molecule has 0 bridgehead atoms. The van der Waals surface area contributed by atoms with Crippen LogP contribution in [0.25, 0.3) is 0 Å². The average Bonchev–Trinajstić information content (AvgIpc) is 3.12. The number of carbonyl (C=O) groups excluding carboxylic acids is 2. The van der Waals surface area contributed by atoms with E-state index in [2.05, 4.69) is 15.1 Å². The summed E-state index contributed by atoms with van der Waals surface area (Å²) in [7, 11) is 1.38. The number of carbonyl (C=O) groups is 2. The highest BCUT2D eigenvalue weighted by atomic mass is 32.1. The summed E-state index contributed by atoms with van der Waals surface area (Å²) in [5, 5.41) is 3.59. The Kier molecular flexibility index (Phi) is 6.99. The predicted molar refractivity (Wildman–Crippen MR) is 119 cm³/mol. The summed E-state index contributed by atoms with van der Waals surface area (Å²) in [6.45, 7) is 4.19. The molecule has 0 radical (unpaired) electrons. The van der Waals surface area contributed by atoms with Crippen molar-refractivity contribution in [2.45, 2.75) is 32.2 Å². The van der Waals surface area contributed by atoms with Gasteiger partial charge in [0.1, 0.15) is 10.8 Å². The van der Waals surface area contributed by atoms with Gasteiger partial charge in [-0.15, -0.1) is 11.3 Å². The summed E-state index contributed by atoms with van der Waals surface area (Å²) >= 11 is 1.51. The van der Waals surface area contributed by atoms with Gasteiger partial charge in [0.2, 0.25) is 5.91 Å². The fourth-order valence-electron chi connectivity index (χ4n) is 4.34. The van der Waals surface area contributed by atoms with E-state index in [9.17, 15) is 14.0 Å². The molecule has 0 spiro atoms. The summed E-state index contributed by atoms with van der Waals surface area (Å²) < 4.78 is 18.4. The van der Waals surface area contributed by atoms with E-state index in [-0.39, 0.29) is 24.2 Å². The Morgan fingerprint density at radius 1 is 1.13 bits per heavy atom. The number of halogens is 1. The highest BCUT2D eigenvalue weighted by Crippen LogP contribution is 2.38. The Balaban J connectivity index is 1.32. The van der Waals surface area contributed by atoms with Crippen LogP contribution >= 0.6 is 11.3 Å². The van der Waals surface area contributed by atoms with Crippen LogP contribution in [0.5, 0.6) is 0 Å². The fourth-order valence-corrected chi connectivity index (χ4v) is 5.63. The van der Waals surface area contributed by atoms with Gasteiger partial charge < -0.3 is 10.1 Å². The summed E-state index contributed by atoms with van der Waals surface area (Å²) in [6.07, 6.45) is 3.98. The number of methoxy groups -OCH3 is 1. The molecule has 2 aliphatic rings. The van der Waals surface area contributed by atoms with Gasteiger partial charge in [0.15, 0.2) is 0 Å². The number of nitrogens with zero attached hydrogens (tertiary/aromatic N) is 2. The van der Waals surface area contributed by atoms with Gasteiger partial charge in [0.05, 0.1) is 19.2 Å². The van der Waals surface area contributed by atoms with E-state index < -0.39 is 0 Å². The van der Waals surface area contributed by atoms with Crippen LogP contribution in [0, 0.1) is 5.82 Å². The number of esters is 1. The van der Waals surface area contributed by atoms with Crippen molar-refractivity contribution in [3.05, 3.63) is 51.7 Å². The highest BCUT2D eigenvalue weighted by molar-refractivity contribution is 7.17. The van der Waals surface area contributed by atoms with E-state index in [1.807, 2.05) is 6.07 Å². The third-order valence-corrected chi connectivity index (χ3v) is 7.15. The predicted octanol–water partition coefficient (Wildman–Crippen LogP) is 3.31. The number of rotatable bonds is 6. The Labute approximate surface area is 186 Å². The van der Waals surface area contributed by atoms with Crippen molar-refractivity contribution in [3.63, 3.8) is 0 Å². The lowest BCUT2D eigenvalue weighted by Crippen LogP contribution is -2.48. The topological polar surface area (TPSA) is 61.9 Å². The molecule has 1 amide bonds. The van der Waals surface area contributed by atoms with Crippen molar-refractivity contribution in [2.24, 2.45) is 0 Å². The maximum absolute atomic E-state index is 13.4. The third kappa shape index (κ3) is 5.31. The van der Waals surface area contributed by atoms with Gasteiger partial charge in [0.25, 0.3) is 0 Å². The van der Waals surface area contributed by atoms with Gasteiger partial charge in [-0.05, 0) is 48.9 Å². The molecule has 2 aromatic rings. The Hall–Kier alpha value is -2.29. The number of nitrogens with one attached hydrogen (secondary N) is 1. The van der Waals surface area contributed by atoms with Crippen molar-refractivity contribution in [1.29, 1.82) is 0 Å². The van der Waals surface area contributed by atoms with E-state index in [0.29, 0.717) is 17.1 Å². The smallest absolute Gasteiger partial charge is 0.341 e. The zero-order valence-corrected chi connectivity index (χ0v) is 18.6. The number of anilines is 1. The molecular formula is C23H28FN3O3S. The van der Waals surface area contributed by atoms with Crippen LogP contribution in [0.15, 0.2) is 24.3 Å². The Morgan fingerprint density at radius 2 is 1.87 bits per heavy atom. The van der Waals surface area contributed by atoms with Gasteiger partial charge in [0, 0.05) is 37.6 Å². The first kappa shape index (κ1) is 21.9. The lowest BCUT2D eigenvalue weighted by atomic mass is 9.95. The van der Waals surface area contributed by atoms with Gasteiger partial charge in [-0.1, -0.05) is 12.1 Å². The van der Waals surface area contributed by atoms with Crippen LogP contribution in [0.2, 0.25) is 0 Å². The van der Waals surface area contributed by atoms with Crippen molar-refractivity contribution in [2.75, 3.05) is 45.2 Å². The van der Waals surface area contributed by atoms with Crippen molar-refractivity contribution in [1.82, 2.24) is 9.80 Å². The second-order valence-electron chi connectivity index (χ2n) is 8.14. The van der Waals surface area contributed by atoms with E-state index in [1.165, 1.54) is 29.4 Å². The first-order valence-electron chi connectivity index (χ1n) is 10.8. The largest absolute Gasteiger partial charge is 0.465 e. The van der Waals surface area contributed by atoms with Crippen LogP contribution in [-0.2, 0) is 28.9 Å². The molecule has 6 nitrogen and oxygen atoms in total. The maximum atomic E-state index is 13.4. The lowest BCUT2D eigenvalue weighted by Gasteiger charge is -2.34. The molecule has 0 saturated carbocycles. The second kappa shape index (κ2) is 9.89. The SMILES string of the molecule is COC(=O)c1c(NC(=O)CN2CCN(Cc3cccc(F)c3)CC2)sc2c1CCCC2. The number of hydrogen-bond acceptors (Lipinski definition) is 6. The molecule has 1 aliphatic carbocycles. The average molecular weight is 446 g/mol. The van der Waals surface area contributed by atoms with Crippen LogP contribution in [-0.4, -0.2) is 61.5 Å². The monoisotopic (exact) mass is 445 g/mol. The number of aryl methyl sites for hydroxylation is 1. The van der Waals surface area contributed by atoms with Crippen molar-refractivity contribution >= 4 is 28.2 Å². The molecule has 1 aromatic heterocycles. The van der Waals surface area contributed by atoms with Crippen LogP contribution in [0.3, 0.4) is 0 Å². The summed E-state index contributed by atoms with van der Waals surface area (Å²) in [4.78, 5) is 30.6. The molecule has 31 heavy (non-hydrogen) atoms. The minimum Gasteiger partial charge on any atom is -0.465 e. The number of piperazine rings is 1. The molecule has 166 valence electrons. The zero-order valence-electron chi connectivity index (χ0n) is 17.8. The molecule has 1 N–H and O–H groups in total. The highest BCUT2D eigenvalue weighted by Gasteiger charge is 2.27. The molecule has 8 heteroatoms. The maximum Gasteiger partial charge on any atom is 0.341 e. The summed E-state index contributed by atoms with van der Waals surface area (Å²) in [6, 6.07) is 6.69. The second-order valence-corrected chi connectivity index (χ2v) is 9.24. The molecule has 1 saturated heterocycles. The van der Waals surface area contributed by atoms with E-state index in [1.54, 1.807) is 12.1 Å². The minimum absolute atomic E-state index is 0.109. The third-order valence-electron chi connectivity index (χ3n) is 5.94. The van der Waals surface area contributed by atoms with Crippen LogP contribution in [0.4, 0.5) is 9.39 Å². The van der Waals surface area contributed by atoms with Gasteiger partial charge in [-0.3, -0.25) is 14.6 Å². The number of benzene rings is 1. The molecule has 1 aromatic carbocycles. The fraction of sp³-hybridized carbons (Fsp3) is 0.478. The normalized spacial score (nSPS) is 17.2. The molecule has 2 heterocycles. The molecule has 4 rings (SSSR count). The van der Waals surface area contributed by atoms with Gasteiger partial charge in [-0.2, -0.15) is 0 Å². The van der Waals surface area contributed by atoms with E-state index in [0.717, 1.165) is 63.0 Å². The van der Waals surface area contributed by atoms with E-state index >= 15 is 0 Å². The lowest BCUT2D eigenvalue weighted by molar-refractivity contribution is -0.117. The number of fused-ring (bicyclic) bond motifs is 1. The number of ether oxygens (including phenoxy) is 1. The Morgan fingerprint density at radius 3 is 2.61 bits per heavy atom. The van der Waals surface area contributed by atoms with Crippen LogP contribution < -0.4 is 5.32 Å². The summed E-state index contributed by atoms with van der Waals surface area (Å²) in [5.41, 5.74) is 2.54. The van der Waals surface area contributed by atoms with Crippen LogP contribution in [0.1, 0.15) is 39.2 Å². The summed E-state index contributed by atoms with van der Waals surface area (Å²) in [5.74, 6) is -0.697. The molecule has 0 atom stereocenters. The van der Waals surface area contributed by atoms with E-state index in [4.69, 9.17) is 4.74 Å². The number of thiophene rings is 1. The zero-order chi connectivity index (χ0) is 21.8. The standard InChI is InChI=1S/C23H28FN3O3S/c1-30-23(29)21-18-7-2-3-8-19(18)31-22(21)25-20(28)15-27-11-9-26(10-12-27)14-16-5-4-6-17(24)13-16/h4-6,13H,2-3,7-12,14-15H2,1H3,(H,25,28).